The van der Waals surface area contributed by atoms with Gasteiger partial charge in [-0.3, -0.25) is 0 Å². The molecule has 4 N–H and O–H groups in total. The maximum absolute atomic E-state index is 7.00. The van der Waals surface area contributed by atoms with Gasteiger partial charge in [0.05, 0.1) is 0 Å². The largest absolute Gasteiger partial charge is 0.482 e. The smallest absolute Gasteiger partial charge is 0.429 e. The molecule has 6 heavy (non-hydrogen) atoms. The molecule has 5 nitrogen and oxygen atoms in total. The van der Waals surface area contributed by atoms with E-state index in [0.29, 0.717) is 0 Å². The lowest BCUT2D eigenvalue weighted by molar-refractivity contribution is -0.465. The minimum atomic E-state index is 0. The summed E-state index contributed by atoms with van der Waals surface area (Å²) in [5.41, 5.74) is 0. The van der Waals surface area contributed by atoms with Crippen molar-refractivity contribution < 1.29 is 25.6 Å². The summed E-state index contributed by atoms with van der Waals surface area (Å²) < 4.78 is 0. The standard InChI is InChI=1S/BH2O2.H2O3/c2-1-3;1-3-2/h2-3H;1-2H. The fraction of sp³-hybridized carbons (Fsp3) is 0. The van der Waals surface area contributed by atoms with Gasteiger partial charge in [-0.15, -0.1) is 0 Å². The van der Waals surface area contributed by atoms with Gasteiger partial charge in [0.2, 0.25) is 0 Å². The van der Waals surface area contributed by atoms with E-state index in [4.69, 9.17) is 20.6 Å². The Morgan fingerprint density at radius 2 is 1.17 bits per heavy atom. The van der Waals surface area contributed by atoms with E-state index in [0.717, 1.165) is 0 Å². The summed E-state index contributed by atoms with van der Waals surface area (Å²) in [6, 6.07) is 0. The summed E-state index contributed by atoms with van der Waals surface area (Å²) in [5, 5.41) is 29.5. The van der Waals surface area contributed by atoms with Crippen molar-refractivity contribution in [2.45, 2.75) is 0 Å². The summed E-state index contributed by atoms with van der Waals surface area (Å²) in [6.45, 7) is 0. The van der Waals surface area contributed by atoms with Crippen LogP contribution in [0.15, 0.2) is 0 Å². The minimum absolute atomic E-state index is 0. The molecule has 0 fully saturated rings. The average molecular weight is 94.8 g/mol. The van der Waals surface area contributed by atoms with Crippen LogP contribution in [0.25, 0.3) is 0 Å². The monoisotopic (exact) mass is 95.0 g/mol. The molecule has 0 atom stereocenters. The predicted octanol–water partition coefficient (Wildman–Crippen LogP) is -1.55. The third kappa shape index (κ3) is 1740. The first kappa shape index (κ1) is 9.29. The fourth-order valence-corrected chi connectivity index (χ4v) is 0. The minimum Gasteiger partial charge on any atom is -0.429 e. The van der Waals surface area contributed by atoms with Crippen LogP contribution in [-0.2, 0) is 5.04 Å². The fourth-order valence-electron chi connectivity index (χ4n) is 0. The molecule has 0 unspecified atom stereocenters. The van der Waals surface area contributed by atoms with E-state index >= 15 is 0 Å². The van der Waals surface area contributed by atoms with Gasteiger partial charge in [0.15, 0.2) is 0 Å². The second kappa shape index (κ2) is 20.9. The predicted molar refractivity (Wildman–Crippen MR) is 16.5 cm³/mol. The number of rotatable bonds is 0. The molecule has 6 heteroatoms. The molecule has 0 rings (SSSR count). The molecule has 0 saturated carbocycles. The average Bonchev–Trinajstić information content (AvgIpc) is 1.39. The molecule has 0 spiro atoms. The molecule has 0 saturated heterocycles. The Kier molecular flexibility index (Phi) is 32.4. The maximum Gasteiger partial charge on any atom is 0.482 e. The highest BCUT2D eigenvalue weighted by Crippen LogP contribution is 1.24. The van der Waals surface area contributed by atoms with Gasteiger partial charge in [0.1, 0.15) is 0 Å². The van der Waals surface area contributed by atoms with Gasteiger partial charge in [0.25, 0.3) is 0 Å². The van der Waals surface area contributed by atoms with E-state index in [1.165, 1.54) is 0 Å². The van der Waals surface area contributed by atoms with Crippen molar-refractivity contribution in [3.63, 3.8) is 0 Å². The van der Waals surface area contributed by atoms with Crippen molar-refractivity contribution in [1.82, 2.24) is 0 Å². The highest BCUT2D eigenvalue weighted by molar-refractivity contribution is 6.13. The number of hydrogen-bond donors (Lipinski definition) is 4. The molecule has 1 radical (unpaired) electrons. The summed E-state index contributed by atoms with van der Waals surface area (Å²) in [6.07, 6.45) is 0. The van der Waals surface area contributed by atoms with Gasteiger partial charge in [-0.1, -0.05) is 5.04 Å². The second-order valence-electron chi connectivity index (χ2n) is 0.197. The van der Waals surface area contributed by atoms with E-state index < -0.39 is 0 Å². The Morgan fingerprint density at radius 3 is 1.17 bits per heavy atom. The van der Waals surface area contributed by atoms with Gasteiger partial charge >= 0.3 is 7.69 Å². The van der Waals surface area contributed by atoms with Crippen molar-refractivity contribution in [3.05, 3.63) is 0 Å². The van der Waals surface area contributed by atoms with E-state index in [9.17, 15) is 0 Å². The van der Waals surface area contributed by atoms with Crippen LogP contribution in [0.4, 0.5) is 0 Å². The van der Waals surface area contributed by atoms with E-state index in [1.807, 2.05) is 0 Å². The lowest BCUT2D eigenvalue weighted by Crippen LogP contribution is -1.75. The molecule has 0 aromatic heterocycles. The summed E-state index contributed by atoms with van der Waals surface area (Å²) in [5.74, 6) is 0. The van der Waals surface area contributed by atoms with Gasteiger partial charge < -0.3 is 10.0 Å². The highest BCUT2D eigenvalue weighted by Gasteiger charge is 1.51. The molecule has 0 bridgehead atoms. The van der Waals surface area contributed by atoms with Crippen LogP contribution >= 0.6 is 0 Å². The summed E-state index contributed by atoms with van der Waals surface area (Å²) in [7, 11) is 0. The molecule has 0 aliphatic rings. The first-order chi connectivity index (χ1) is 2.83. The van der Waals surface area contributed by atoms with Gasteiger partial charge in [-0.05, 0) is 0 Å². The van der Waals surface area contributed by atoms with Crippen molar-refractivity contribution in [2.24, 2.45) is 0 Å². The first-order valence-electron chi connectivity index (χ1n) is 0.882. The maximum atomic E-state index is 7.00. The van der Waals surface area contributed by atoms with Crippen LogP contribution in [0, 0.1) is 0 Å². The lowest BCUT2D eigenvalue weighted by Gasteiger charge is -1.56. The van der Waals surface area contributed by atoms with Gasteiger partial charge in [-0.25, -0.2) is 10.5 Å². The molecule has 37 valence electrons. The van der Waals surface area contributed by atoms with Crippen LogP contribution in [0.1, 0.15) is 0 Å². The quantitative estimate of drug-likeness (QED) is 0.166. The second-order valence-corrected chi connectivity index (χ2v) is 0.197. The molecule has 0 aromatic carbocycles. The Labute approximate surface area is 34.6 Å². The molecular formula is H4BO5. The van der Waals surface area contributed by atoms with E-state index in [1.54, 1.807) is 0 Å². The van der Waals surface area contributed by atoms with Crippen LogP contribution in [-0.4, -0.2) is 28.2 Å². The Balaban J connectivity index is 0. The Bertz CT molecular complexity index is 5.90. The SMILES string of the molecule is OOO.O[B]O. The van der Waals surface area contributed by atoms with Crippen molar-refractivity contribution in [2.75, 3.05) is 0 Å². The molecule has 0 aliphatic carbocycles. The summed E-state index contributed by atoms with van der Waals surface area (Å²) in [4.78, 5) is 0. The van der Waals surface area contributed by atoms with E-state index in [-0.39, 0.29) is 7.69 Å². The first-order valence-corrected chi connectivity index (χ1v) is 0.882. The molecule has 0 heterocycles. The zero-order valence-corrected chi connectivity index (χ0v) is 2.77. The van der Waals surface area contributed by atoms with Gasteiger partial charge in [0, 0.05) is 0 Å². The third-order valence-electron chi connectivity index (χ3n) is 0. The zero-order chi connectivity index (χ0) is 5.41. The third-order valence-corrected chi connectivity index (χ3v) is 0. The van der Waals surface area contributed by atoms with Gasteiger partial charge in [-0.2, -0.15) is 0 Å². The highest BCUT2D eigenvalue weighted by atomic mass is 17.4. The van der Waals surface area contributed by atoms with Crippen LogP contribution < -0.4 is 0 Å². The van der Waals surface area contributed by atoms with Crippen molar-refractivity contribution in [1.29, 1.82) is 0 Å². The molecule has 0 amide bonds. The lowest BCUT2D eigenvalue weighted by atomic mass is 10.5. The normalized spacial score (nSPS) is 5.33. The topological polar surface area (TPSA) is 90.2 Å². The molecular weight excluding hydrogens is 90.8 g/mol. The van der Waals surface area contributed by atoms with Crippen LogP contribution in [0.3, 0.4) is 0 Å². The molecule has 0 aliphatic heterocycles. The Morgan fingerprint density at radius 1 is 1.17 bits per heavy atom. The molecule has 0 aromatic rings. The Hall–Kier alpha value is -0.135. The van der Waals surface area contributed by atoms with Crippen LogP contribution in [0.2, 0.25) is 0 Å². The van der Waals surface area contributed by atoms with E-state index in [2.05, 4.69) is 5.04 Å². The zero-order valence-electron chi connectivity index (χ0n) is 2.77. The summed E-state index contributed by atoms with van der Waals surface area (Å²) >= 11 is 0. The van der Waals surface area contributed by atoms with Crippen molar-refractivity contribution >= 4 is 7.69 Å². The van der Waals surface area contributed by atoms with Crippen LogP contribution in [0.5, 0.6) is 0 Å². The van der Waals surface area contributed by atoms with Crippen molar-refractivity contribution in [3.8, 4) is 0 Å². The number of hydrogen-bond acceptors (Lipinski definition) is 5.